The lowest BCUT2D eigenvalue weighted by Gasteiger charge is -2.08. The zero-order chi connectivity index (χ0) is 22.8. The molecule has 1 N–H and O–H groups in total. The smallest absolute Gasteiger partial charge is 0.330 e. The normalized spacial score (nSPS) is 11.2. The number of nitrogens with zero attached hydrogens (tertiary/aromatic N) is 4. The van der Waals surface area contributed by atoms with Gasteiger partial charge in [0.05, 0.1) is 12.1 Å². The number of carbonyl (C=O) groups excluding carboxylic acids is 1. The van der Waals surface area contributed by atoms with E-state index in [4.69, 9.17) is 0 Å². The quantitative estimate of drug-likeness (QED) is 0.438. The number of carbonyl (C=O) groups is 1. The fraction of sp³-hybridized carbons (Fsp3) is 0.120. The molecule has 0 bridgehead atoms. The molecule has 0 atom stereocenters. The van der Waals surface area contributed by atoms with Crippen LogP contribution in [0, 0.1) is 5.82 Å². The first kappa shape index (κ1) is 20.6. The number of hydrogen-bond acceptors (Lipinski definition) is 4. The summed E-state index contributed by atoms with van der Waals surface area (Å²) in [4.78, 5) is 34.5. The second-order valence-electron chi connectivity index (χ2n) is 7.63. The van der Waals surface area contributed by atoms with Crippen molar-refractivity contribution in [2.24, 2.45) is 0 Å². The van der Waals surface area contributed by atoms with Crippen LogP contribution in [0.5, 0.6) is 0 Å². The number of imidazole rings is 1. The molecule has 7 nitrogen and oxygen atoms in total. The number of fused-ring (bicyclic) bond motifs is 2. The zero-order valence-electron chi connectivity index (χ0n) is 17.6. The van der Waals surface area contributed by atoms with Crippen molar-refractivity contribution in [3.8, 4) is 0 Å². The first-order valence-electron chi connectivity index (χ1n) is 10.5. The van der Waals surface area contributed by atoms with Crippen LogP contribution in [0.4, 0.5) is 4.39 Å². The maximum Gasteiger partial charge on any atom is 0.330 e. The molecule has 0 unspecified atom stereocenters. The van der Waals surface area contributed by atoms with Gasteiger partial charge >= 0.3 is 5.69 Å². The Hall–Kier alpha value is -4.33. The van der Waals surface area contributed by atoms with Crippen molar-refractivity contribution in [2.45, 2.75) is 13.1 Å². The summed E-state index contributed by atoms with van der Waals surface area (Å²) in [5, 5.41) is 4.56. The van der Waals surface area contributed by atoms with Crippen LogP contribution in [0.3, 0.4) is 0 Å². The predicted molar refractivity (Wildman–Crippen MR) is 124 cm³/mol. The molecule has 2 aromatic carbocycles. The maximum absolute atomic E-state index is 13.3. The molecule has 5 rings (SSSR count). The van der Waals surface area contributed by atoms with Crippen molar-refractivity contribution in [3.63, 3.8) is 0 Å². The third-order valence-corrected chi connectivity index (χ3v) is 5.54. The molecule has 0 saturated heterocycles. The average molecular weight is 441 g/mol. The van der Waals surface area contributed by atoms with E-state index in [-0.39, 0.29) is 30.5 Å². The Kier molecular flexibility index (Phi) is 5.40. The van der Waals surface area contributed by atoms with Gasteiger partial charge in [-0.1, -0.05) is 36.4 Å². The summed E-state index contributed by atoms with van der Waals surface area (Å²) < 4.78 is 16.4. The van der Waals surface area contributed by atoms with E-state index in [0.717, 1.165) is 16.3 Å². The average Bonchev–Trinajstić information content (AvgIpc) is 3.11. The van der Waals surface area contributed by atoms with Gasteiger partial charge in [0.1, 0.15) is 11.5 Å². The van der Waals surface area contributed by atoms with Gasteiger partial charge in [-0.15, -0.1) is 0 Å². The van der Waals surface area contributed by atoms with Gasteiger partial charge < -0.3 is 5.32 Å². The molecule has 0 aliphatic carbocycles. The first-order valence-corrected chi connectivity index (χ1v) is 10.5. The Balaban J connectivity index is 1.38. The minimum absolute atomic E-state index is 0.232. The topological polar surface area (TPSA) is 81.8 Å². The number of halogens is 1. The third-order valence-electron chi connectivity index (χ3n) is 5.54. The van der Waals surface area contributed by atoms with Crippen LogP contribution in [0.15, 0.2) is 83.9 Å². The van der Waals surface area contributed by atoms with E-state index in [1.165, 1.54) is 16.7 Å². The van der Waals surface area contributed by atoms with Gasteiger partial charge in [0, 0.05) is 30.9 Å². The summed E-state index contributed by atoms with van der Waals surface area (Å²) in [5.74, 6) is -0.630. The molecule has 0 spiro atoms. The molecule has 3 heterocycles. The van der Waals surface area contributed by atoms with E-state index < -0.39 is 0 Å². The molecule has 0 aliphatic rings. The highest BCUT2D eigenvalue weighted by molar-refractivity contribution is 6.05. The summed E-state index contributed by atoms with van der Waals surface area (Å²) in [6.07, 6.45) is 3.23. The lowest BCUT2D eigenvalue weighted by molar-refractivity contribution is 0.0949. The molecule has 0 radical (unpaired) electrons. The number of amides is 1. The Morgan fingerprint density at radius 2 is 1.73 bits per heavy atom. The van der Waals surface area contributed by atoms with Gasteiger partial charge in [0.25, 0.3) is 5.91 Å². The van der Waals surface area contributed by atoms with Crippen LogP contribution in [0.25, 0.3) is 21.9 Å². The van der Waals surface area contributed by atoms with Crippen LogP contribution >= 0.6 is 0 Å². The van der Waals surface area contributed by atoms with Gasteiger partial charge in [-0.2, -0.15) is 0 Å². The largest absolute Gasteiger partial charge is 0.349 e. The van der Waals surface area contributed by atoms with E-state index in [1.54, 1.807) is 35.2 Å². The molecular formula is C25H20FN5O2. The highest BCUT2D eigenvalue weighted by Crippen LogP contribution is 2.16. The van der Waals surface area contributed by atoms with E-state index in [2.05, 4.69) is 15.3 Å². The lowest BCUT2D eigenvalue weighted by Crippen LogP contribution is -2.32. The Morgan fingerprint density at radius 3 is 2.58 bits per heavy atom. The highest BCUT2D eigenvalue weighted by Gasteiger charge is 2.16. The van der Waals surface area contributed by atoms with E-state index in [1.807, 2.05) is 36.4 Å². The van der Waals surface area contributed by atoms with Crippen LogP contribution in [0.1, 0.15) is 16.1 Å². The predicted octanol–water partition coefficient (Wildman–Crippen LogP) is 3.36. The number of pyridine rings is 2. The van der Waals surface area contributed by atoms with Gasteiger partial charge in [0.15, 0.2) is 5.65 Å². The van der Waals surface area contributed by atoms with E-state index in [9.17, 15) is 14.0 Å². The molecule has 0 fully saturated rings. The summed E-state index contributed by atoms with van der Waals surface area (Å²) in [7, 11) is 0. The Morgan fingerprint density at radius 1 is 0.909 bits per heavy atom. The molecule has 5 aromatic rings. The van der Waals surface area contributed by atoms with Gasteiger partial charge in [0.2, 0.25) is 0 Å². The molecule has 0 saturated carbocycles. The second kappa shape index (κ2) is 8.66. The number of rotatable bonds is 6. The summed E-state index contributed by atoms with van der Waals surface area (Å²) in [6.45, 7) is 0.774. The number of aromatic nitrogens is 4. The highest BCUT2D eigenvalue weighted by atomic mass is 19.1. The molecule has 3 aromatic heterocycles. The van der Waals surface area contributed by atoms with Gasteiger partial charge in [-0.05, 0) is 41.3 Å². The Labute approximate surface area is 188 Å². The van der Waals surface area contributed by atoms with Gasteiger partial charge in [-0.3, -0.25) is 18.9 Å². The fourth-order valence-electron chi connectivity index (χ4n) is 3.94. The number of hydrogen-bond donors (Lipinski definition) is 1. The third kappa shape index (κ3) is 3.98. The number of benzene rings is 2. The van der Waals surface area contributed by atoms with Crippen molar-refractivity contribution < 1.29 is 9.18 Å². The minimum Gasteiger partial charge on any atom is -0.349 e. The summed E-state index contributed by atoms with van der Waals surface area (Å²) in [6, 6.07) is 19.0. The van der Waals surface area contributed by atoms with Gasteiger partial charge in [-0.25, -0.2) is 14.2 Å². The monoisotopic (exact) mass is 441 g/mol. The second-order valence-corrected chi connectivity index (χ2v) is 7.63. The van der Waals surface area contributed by atoms with Crippen molar-refractivity contribution in [3.05, 3.63) is 107 Å². The first-order chi connectivity index (χ1) is 16.1. The zero-order valence-corrected chi connectivity index (χ0v) is 17.6. The molecular weight excluding hydrogens is 421 g/mol. The summed E-state index contributed by atoms with van der Waals surface area (Å²) >= 11 is 0. The molecule has 8 heteroatoms. The maximum atomic E-state index is 13.3. The molecule has 1 amide bonds. The van der Waals surface area contributed by atoms with Crippen LogP contribution < -0.4 is 11.0 Å². The van der Waals surface area contributed by atoms with Crippen molar-refractivity contribution >= 4 is 27.8 Å². The van der Waals surface area contributed by atoms with Crippen LogP contribution in [0.2, 0.25) is 0 Å². The lowest BCUT2D eigenvalue weighted by atomic mass is 10.1. The minimum atomic E-state index is -0.327. The van der Waals surface area contributed by atoms with Crippen molar-refractivity contribution in [2.75, 3.05) is 6.54 Å². The van der Waals surface area contributed by atoms with Crippen LogP contribution in [-0.4, -0.2) is 31.6 Å². The standard InChI is InChI=1S/C25H20FN5O2/c26-19-9-7-17(8-10-19)16-31-21-6-3-12-28-23(21)30(25(31)33)15-14-29-24(32)22-20-5-2-1-4-18(20)11-13-27-22/h1-13H,14-16H2,(H,29,32). The number of nitrogens with one attached hydrogen (secondary N) is 1. The molecule has 164 valence electrons. The summed E-state index contributed by atoms with van der Waals surface area (Å²) in [5.41, 5.74) is 2.11. The van der Waals surface area contributed by atoms with Crippen molar-refractivity contribution in [1.29, 1.82) is 0 Å². The fourth-order valence-corrected chi connectivity index (χ4v) is 3.94. The molecule has 33 heavy (non-hydrogen) atoms. The van der Waals surface area contributed by atoms with E-state index in [0.29, 0.717) is 23.4 Å². The molecule has 0 aliphatic heterocycles. The van der Waals surface area contributed by atoms with Crippen molar-refractivity contribution in [1.82, 2.24) is 24.4 Å². The Bertz CT molecular complexity index is 1520. The van der Waals surface area contributed by atoms with E-state index >= 15 is 0 Å². The SMILES string of the molecule is O=C(NCCn1c(=O)n(Cc2ccc(F)cc2)c2cccnc21)c1nccc2ccccc12. The van der Waals surface area contributed by atoms with Crippen LogP contribution in [-0.2, 0) is 13.1 Å².